The topological polar surface area (TPSA) is 25.8 Å². The van der Waals surface area contributed by atoms with Gasteiger partial charge in [0.05, 0.1) is 22.9 Å². The van der Waals surface area contributed by atoms with Crippen LogP contribution in [0, 0.1) is 6.92 Å². The van der Waals surface area contributed by atoms with Gasteiger partial charge in [-0.15, -0.1) is 0 Å². The standard InChI is InChI=1S/C35H24N2/c1-23-13-15-24(16-14-23)25-17-19-26(20-18-25)27-7-6-8-28(21-27)33-22-36-34-31-11-4-2-9-29(31)30-10-3-5-12-32(30)35(34)37-33/h2-22H,1H3. The molecule has 0 saturated heterocycles. The Balaban J connectivity index is 1.31. The van der Waals surface area contributed by atoms with Crippen molar-refractivity contribution in [3.8, 4) is 33.5 Å². The van der Waals surface area contributed by atoms with Crippen molar-refractivity contribution in [1.82, 2.24) is 9.97 Å². The predicted molar refractivity (Wildman–Crippen MR) is 156 cm³/mol. The molecule has 0 spiro atoms. The summed E-state index contributed by atoms with van der Waals surface area (Å²) in [6.07, 6.45) is 1.91. The molecule has 6 aromatic carbocycles. The quantitative estimate of drug-likeness (QED) is 0.240. The molecule has 2 heteroatoms. The van der Waals surface area contributed by atoms with E-state index in [4.69, 9.17) is 9.97 Å². The average molecular weight is 473 g/mol. The highest BCUT2D eigenvalue weighted by atomic mass is 14.8. The van der Waals surface area contributed by atoms with E-state index >= 15 is 0 Å². The van der Waals surface area contributed by atoms with Gasteiger partial charge in [-0.3, -0.25) is 4.98 Å². The zero-order valence-electron chi connectivity index (χ0n) is 20.5. The van der Waals surface area contributed by atoms with Gasteiger partial charge >= 0.3 is 0 Å². The van der Waals surface area contributed by atoms with Crippen molar-refractivity contribution >= 4 is 32.6 Å². The summed E-state index contributed by atoms with van der Waals surface area (Å²) in [6, 6.07) is 43.0. The molecular weight excluding hydrogens is 448 g/mol. The fourth-order valence-electron chi connectivity index (χ4n) is 5.22. The first-order valence-corrected chi connectivity index (χ1v) is 12.6. The van der Waals surface area contributed by atoms with Crippen molar-refractivity contribution in [1.29, 1.82) is 0 Å². The zero-order valence-corrected chi connectivity index (χ0v) is 20.5. The van der Waals surface area contributed by atoms with E-state index in [9.17, 15) is 0 Å². The number of aryl methyl sites for hydroxylation is 1. The van der Waals surface area contributed by atoms with Crippen LogP contribution in [0.2, 0.25) is 0 Å². The van der Waals surface area contributed by atoms with Gasteiger partial charge in [0.1, 0.15) is 0 Å². The van der Waals surface area contributed by atoms with Crippen LogP contribution in [0.1, 0.15) is 5.56 Å². The van der Waals surface area contributed by atoms with Crippen molar-refractivity contribution in [2.75, 3.05) is 0 Å². The molecule has 1 aromatic heterocycles. The number of aromatic nitrogens is 2. The Bertz CT molecular complexity index is 1880. The van der Waals surface area contributed by atoms with Gasteiger partial charge in [0.2, 0.25) is 0 Å². The minimum atomic E-state index is 0.881. The highest BCUT2D eigenvalue weighted by molar-refractivity contribution is 6.23. The van der Waals surface area contributed by atoms with Crippen LogP contribution in [-0.4, -0.2) is 9.97 Å². The van der Waals surface area contributed by atoms with Gasteiger partial charge in [-0.05, 0) is 46.0 Å². The minimum Gasteiger partial charge on any atom is -0.252 e. The van der Waals surface area contributed by atoms with E-state index in [-0.39, 0.29) is 0 Å². The molecule has 0 amide bonds. The van der Waals surface area contributed by atoms with Gasteiger partial charge in [-0.25, -0.2) is 4.98 Å². The average Bonchev–Trinajstić information content (AvgIpc) is 2.98. The first-order valence-electron chi connectivity index (χ1n) is 12.6. The van der Waals surface area contributed by atoms with Crippen LogP contribution in [0.25, 0.3) is 66.1 Å². The molecule has 0 aliphatic carbocycles. The number of hydrogen-bond acceptors (Lipinski definition) is 2. The van der Waals surface area contributed by atoms with Gasteiger partial charge in [-0.2, -0.15) is 0 Å². The molecule has 1 heterocycles. The number of rotatable bonds is 3. The van der Waals surface area contributed by atoms with Crippen LogP contribution in [-0.2, 0) is 0 Å². The van der Waals surface area contributed by atoms with Crippen molar-refractivity contribution in [3.05, 3.63) is 133 Å². The molecule has 0 N–H and O–H groups in total. The largest absolute Gasteiger partial charge is 0.252 e. The number of benzene rings is 6. The molecule has 0 saturated carbocycles. The fraction of sp³-hybridized carbons (Fsp3) is 0.0286. The van der Waals surface area contributed by atoms with E-state index in [1.165, 1.54) is 38.6 Å². The smallest absolute Gasteiger partial charge is 0.0979 e. The molecule has 0 bridgehead atoms. The highest BCUT2D eigenvalue weighted by Gasteiger charge is 2.12. The van der Waals surface area contributed by atoms with Crippen LogP contribution in [0.4, 0.5) is 0 Å². The van der Waals surface area contributed by atoms with Crippen LogP contribution in [0.3, 0.4) is 0 Å². The summed E-state index contributed by atoms with van der Waals surface area (Å²) in [5.74, 6) is 0. The molecule has 2 nitrogen and oxygen atoms in total. The Labute approximate surface area is 215 Å². The molecule has 0 radical (unpaired) electrons. The molecule has 0 aliphatic rings. The van der Waals surface area contributed by atoms with Gasteiger partial charge in [-0.1, -0.05) is 121 Å². The summed E-state index contributed by atoms with van der Waals surface area (Å²) < 4.78 is 0. The summed E-state index contributed by atoms with van der Waals surface area (Å²) >= 11 is 0. The Morgan fingerprint density at radius 1 is 0.432 bits per heavy atom. The second-order valence-corrected chi connectivity index (χ2v) is 9.57. The number of fused-ring (bicyclic) bond motifs is 6. The van der Waals surface area contributed by atoms with Crippen molar-refractivity contribution in [2.45, 2.75) is 6.92 Å². The third-order valence-corrected chi connectivity index (χ3v) is 7.19. The second-order valence-electron chi connectivity index (χ2n) is 9.57. The molecule has 174 valence electrons. The highest BCUT2D eigenvalue weighted by Crippen LogP contribution is 2.34. The third kappa shape index (κ3) is 3.75. The monoisotopic (exact) mass is 472 g/mol. The molecule has 7 rings (SSSR count). The maximum atomic E-state index is 5.16. The summed E-state index contributed by atoms with van der Waals surface area (Å²) in [5.41, 5.74) is 9.91. The molecule has 0 atom stereocenters. The van der Waals surface area contributed by atoms with Crippen molar-refractivity contribution in [2.24, 2.45) is 0 Å². The summed E-state index contributed by atoms with van der Waals surface area (Å²) in [5, 5.41) is 4.69. The lowest BCUT2D eigenvalue weighted by Gasteiger charge is -2.11. The maximum absolute atomic E-state index is 5.16. The van der Waals surface area contributed by atoms with Gasteiger partial charge in [0.25, 0.3) is 0 Å². The van der Waals surface area contributed by atoms with E-state index in [0.29, 0.717) is 0 Å². The molecular formula is C35H24N2. The van der Waals surface area contributed by atoms with E-state index in [0.717, 1.165) is 33.1 Å². The lowest BCUT2D eigenvalue weighted by Crippen LogP contribution is -1.92. The van der Waals surface area contributed by atoms with Crippen LogP contribution in [0.15, 0.2) is 128 Å². The molecule has 7 aromatic rings. The van der Waals surface area contributed by atoms with Crippen LogP contribution in [0.5, 0.6) is 0 Å². The normalized spacial score (nSPS) is 11.4. The molecule has 0 aliphatic heterocycles. The molecule has 0 unspecified atom stereocenters. The lowest BCUT2D eigenvalue weighted by molar-refractivity contribution is 1.31. The number of nitrogens with zero attached hydrogens (tertiary/aromatic N) is 2. The predicted octanol–water partition coefficient (Wildman–Crippen LogP) is 9.25. The first kappa shape index (κ1) is 21.5. The minimum absolute atomic E-state index is 0.881. The van der Waals surface area contributed by atoms with Crippen molar-refractivity contribution < 1.29 is 0 Å². The molecule has 0 fully saturated rings. The van der Waals surface area contributed by atoms with E-state index < -0.39 is 0 Å². The van der Waals surface area contributed by atoms with Crippen molar-refractivity contribution in [3.63, 3.8) is 0 Å². The van der Waals surface area contributed by atoms with Crippen LogP contribution >= 0.6 is 0 Å². The third-order valence-electron chi connectivity index (χ3n) is 7.19. The first-order chi connectivity index (χ1) is 18.2. The molecule has 37 heavy (non-hydrogen) atoms. The van der Waals surface area contributed by atoms with Gasteiger partial charge < -0.3 is 0 Å². The van der Waals surface area contributed by atoms with E-state index in [1.54, 1.807) is 0 Å². The Hall–Kier alpha value is -4.82. The summed E-state index contributed by atoms with van der Waals surface area (Å²) in [6.45, 7) is 2.12. The Morgan fingerprint density at radius 3 is 1.59 bits per heavy atom. The number of hydrogen-bond donors (Lipinski definition) is 0. The Morgan fingerprint density at radius 2 is 0.946 bits per heavy atom. The van der Waals surface area contributed by atoms with Gasteiger partial charge in [0.15, 0.2) is 0 Å². The lowest BCUT2D eigenvalue weighted by atomic mass is 9.97. The van der Waals surface area contributed by atoms with Crippen LogP contribution < -0.4 is 0 Å². The maximum Gasteiger partial charge on any atom is 0.0979 e. The van der Waals surface area contributed by atoms with E-state index in [2.05, 4.69) is 128 Å². The summed E-state index contributed by atoms with van der Waals surface area (Å²) in [7, 11) is 0. The SMILES string of the molecule is Cc1ccc(-c2ccc(-c3cccc(-c4cnc5c6ccccc6c6ccccc6c5n4)c3)cc2)cc1. The Kier molecular flexibility index (Phi) is 5.04. The second kappa shape index (κ2) is 8.69. The van der Waals surface area contributed by atoms with Gasteiger partial charge in [0, 0.05) is 16.3 Å². The summed E-state index contributed by atoms with van der Waals surface area (Å²) in [4.78, 5) is 10.1. The zero-order chi connectivity index (χ0) is 24.8. The van der Waals surface area contributed by atoms with E-state index in [1.807, 2.05) is 6.20 Å². The fourth-order valence-corrected chi connectivity index (χ4v) is 5.22.